The lowest BCUT2D eigenvalue weighted by atomic mass is 9.99. The van der Waals surface area contributed by atoms with Crippen molar-refractivity contribution in [3.63, 3.8) is 0 Å². The lowest BCUT2D eigenvalue weighted by Gasteiger charge is -2.32. The van der Waals surface area contributed by atoms with Crippen LogP contribution in [-0.4, -0.2) is 63.1 Å². The maximum atomic E-state index is 11.3. The van der Waals surface area contributed by atoms with Crippen molar-refractivity contribution in [3.8, 4) is 0 Å². The number of morpholine rings is 1. The van der Waals surface area contributed by atoms with Gasteiger partial charge in [-0.1, -0.05) is 0 Å². The highest BCUT2D eigenvalue weighted by Crippen LogP contribution is 2.21. The van der Waals surface area contributed by atoms with Gasteiger partial charge in [-0.3, -0.25) is 4.99 Å². The Kier molecular flexibility index (Phi) is 5.26. The summed E-state index contributed by atoms with van der Waals surface area (Å²) in [6.45, 7) is 4.99. The number of hydrogen-bond acceptors (Lipinski definition) is 4. The summed E-state index contributed by atoms with van der Waals surface area (Å²) in [5, 5.41) is 0. The minimum absolute atomic E-state index is 0.195. The molecule has 0 aromatic carbocycles. The first-order chi connectivity index (χ1) is 9.46. The van der Waals surface area contributed by atoms with Crippen molar-refractivity contribution >= 4 is 15.8 Å². The summed E-state index contributed by atoms with van der Waals surface area (Å²) >= 11 is 0. The summed E-state index contributed by atoms with van der Waals surface area (Å²) in [4.78, 5) is 6.48. The normalized spacial score (nSPS) is 28.6. The maximum absolute atomic E-state index is 11.3. The Morgan fingerprint density at radius 1 is 1.40 bits per heavy atom. The fraction of sp³-hybridized carbons (Fsp3) is 0.923. The van der Waals surface area contributed by atoms with E-state index in [1.165, 1.54) is 0 Å². The molecule has 2 aliphatic rings. The van der Waals surface area contributed by atoms with E-state index in [0.717, 1.165) is 32.4 Å². The lowest BCUT2D eigenvalue weighted by Crippen LogP contribution is -2.47. The molecule has 2 fully saturated rings. The van der Waals surface area contributed by atoms with Crippen molar-refractivity contribution in [2.75, 3.05) is 37.7 Å². The third kappa shape index (κ3) is 4.63. The number of aliphatic imine (C=N–C) groups is 1. The first kappa shape index (κ1) is 15.6. The molecule has 0 saturated carbocycles. The van der Waals surface area contributed by atoms with E-state index in [4.69, 9.17) is 10.5 Å². The minimum Gasteiger partial charge on any atom is -0.375 e. The average molecular weight is 303 g/mol. The van der Waals surface area contributed by atoms with Gasteiger partial charge in [-0.2, -0.15) is 0 Å². The van der Waals surface area contributed by atoms with Crippen LogP contribution in [0.2, 0.25) is 0 Å². The Bertz CT molecular complexity index is 436. The average Bonchev–Trinajstić information content (AvgIpc) is 2.40. The number of sulfone groups is 1. The van der Waals surface area contributed by atoms with Gasteiger partial charge in [0.05, 0.1) is 24.2 Å². The fourth-order valence-corrected chi connectivity index (χ4v) is 4.30. The molecular weight excluding hydrogens is 278 g/mol. The zero-order chi connectivity index (χ0) is 14.6. The number of hydrogen-bond donors (Lipinski definition) is 1. The van der Waals surface area contributed by atoms with E-state index in [9.17, 15) is 8.42 Å². The second-order valence-electron chi connectivity index (χ2n) is 5.75. The summed E-state index contributed by atoms with van der Waals surface area (Å²) in [5.41, 5.74) is 5.99. The Morgan fingerprint density at radius 3 is 2.75 bits per heavy atom. The second-order valence-corrected chi connectivity index (χ2v) is 8.05. The quantitative estimate of drug-likeness (QED) is 0.596. The molecule has 2 N–H and O–H groups in total. The van der Waals surface area contributed by atoms with E-state index in [1.807, 2.05) is 6.92 Å². The molecule has 0 aliphatic carbocycles. The van der Waals surface area contributed by atoms with Crippen LogP contribution in [0.1, 0.15) is 26.2 Å². The van der Waals surface area contributed by atoms with Crippen molar-refractivity contribution in [2.24, 2.45) is 16.6 Å². The van der Waals surface area contributed by atoms with Crippen molar-refractivity contribution in [1.29, 1.82) is 0 Å². The Balaban J connectivity index is 1.73. The Labute approximate surface area is 121 Å². The van der Waals surface area contributed by atoms with Gasteiger partial charge in [-0.15, -0.1) is 0 Å². The topological polar surface area (TPSA) is 85.0 Å². The van der Waals surface area contributed by atoms with Gasteiger partial charge in [-0.05, 0) is 32.1 Å². The molecule has 0 amide bonds. The van der Waals surface area contributed by atoms with Crippen molar-refractivity contribution < 1.29 is 13.2 Å². The van der Waals surface area contributed by atoms with Crippen LogP contribution in [0.15, 0.2) is 4.99 Å². The summed E-state index contributed by atoms with van der Waals surface area (Å²) in [6.07, 6.45) is 2.66. The highest BCUT2D eigenvalue weighted by Gasteiger charge is 2.23. The van der Waals surface area contributed by atoms with Crippen LogP contribution in [0, 0.1) is 5.92 Å². The molecule has 6 nitrogen and oxygen atoms in total. The van der Waals surface area contributed by atoms with E-state index in [2.05, 4.69) is 9.89 Å². The number of guanidine groups is 1. The predicted octanol–water partition coefficient (Wildman–Crippen LogP) is 0.237. The van der Waals surface area contributed by atoms with E-state index in [1.54, 1.807) is 0 Å². The third-order valence-electron chi connectivity index (χ3n) is 4.05. The van der Waals surface area contributed by atoms with Gasteiger partial charge in [0.1, 0.15) is 9.84 Å². The summed E-state index contributed by atoms with van der Waals surface area (Å²) in [7, 11) is -2.76. The third-order valence-corrected chi connectivity index (χ3v) is 5.77. The summed E-state index contributed by atoms with van der Waals surface area (Å²) < 4.78 is 28.2. The zero-order valence-corrected chi connectivity index (χ0v) is 12.9. The molecule has 2 heterocycles. The first-order valence-electron chi connectivity index (χ1n) is 7.33. The number of ether oxygens (including phenoxy) is 1. The van der Waals surface area contributed by atoms with Crippen LogP contribution in [0.4, 0.5) is 0 Å². The van der Waals surface area contributed by atoms with Crippen LogP contribution in [0.5, 0.6) is 0 Å². The van der Waals surface area contributed by atoms with Gasteiger partial charge in [0.15, 0.2) is 5.96 Å². The zero-order valence-electron chi connectivity index (χ0n) is 12.1. The van der Waals surface area contributed by atoms with E-state index in [0.29, 0.717) is 36.5 Å². The highest BCUT2D eigenvalue weighted by molar-refractivity contribution is 7.91. The number of nitrogens with zero attached hydrogens (tertiary/aromatic N) is 2. The number of rotatable bonds is 3. The molecule has 116 valence electrons. The molecule has 0 radical (unpaired) electrons. The smallest absolute Gasteiger partial charge is 0.191 e. The molecule has 1 atom stereocenters. The van der Waals surface area contributed by atoms with Crippen LogP contribution in [-0.2, 0) is 14.6 Å². The van der Waals surface area contributed by atoms with E-state index >= 15 is 0 Å². The maximum Gasteiger partial charge on any atom is 0.191 e. The Hall–Kier alpha value is -0.820. The van der Waals surface area contributed by atoms with E-state index in [-0.39, 0.29) is 6.10 Å². The molecule has 0 aromatic heterocycles. The van der Waals surface area contributed by atoms with Gasteiger partial charge < -0.3 is 15.4 Å². The van der Waals surface area contributed by atoms with E-state index < -0.39 is 9.84 Å². The number of nitrogens with two attached hydrogens (primary N) is 1. The van der Waals surface area contributed by atoms with Crippen LogP contribution in [0.25, 0.3) is 0 Å². The van der Waals surface area contributed by atoms with Gasteiger partial charge in [-0.25, -0.2) is 8.42 Å². The summed E-state index contributed by atoms with van der Waals surface area (Å²) in [6, 6.07) is 0. The van der Waals surface area contributed by atoms with Crippen molar-refractivity contribution in [1.82, 2.24) is 4.90 Å². The monoisotopic (exact) mass is 303 g/mol. The van der Waals surface area contributed by atoms with Crippen molar-refractivity contribution in [2.45, 2.75) is 32.3 Å². The van der Waals surface area contributed by atoms with Crippen LogP contribution in [0.3, 0.4) is 0 Å². The molecule has 2 aliphatic heterocycles. The molecule has 20 heavy (non-hydrogen) atoms. The minimum atomic E-state index is -2.76. The summed E-state index contributed by atoms with van der Waals surface area (Å²) in [5.74, 6) is 1.72. The van der Waals surface area contributed by atoms with Crippen LogP contribution < -0.4 is 5.73 Å². The fourth-order valence-electron chi connectivity index (χ4n) is 2.72. The molecule has 0 bridgehead atoms. The first-order valence-corrected chi connectivity index (χ1v) is 9.15. The molecular formula is C13H25N3O3S. The molecule has 2 saturated heterocycles. The molecule has 7 heteroatoms. The van der Waals surface area contributed by atoms with Gasteiger partial charge in [0.2, 0.25) is 0 Å². The molecule has 0 spiro atoms. The second kappa shape index (κ2) is 6.76. The lowest BCUT2D eigenvalue weighted by molar-refractivity contribution is 0.00529. The SMILES string of the molecule is CC1CN(C(N)=NCCC2CCS(=O)(=O)CC2)CCO1. The largest absolute Gasteiger partial charge is 0.375 e. The van der Waals surface area contributed by atoms with Gasteiger partial charge in [0, 0.05) is 19.6 Å². The van der Waals surface area contributed by atoms with Crippen LogP contribution >= 0.6 is 0 Å². The predicted molar refractivity (Wildman–Crippen MR) is 79.5 cm³/mol. The van der Waals surface area contributed by atoms with Crippen molar-refractivity contribution in [3.05, 3.63) is 0 Å². The van der Waals surface area contributed by atoms with Gasteiger partial charge in [0.25, 0.3) is 0 Å². The standard InChI is InChI=1S/C13H25N3O3S/c1-11-10-16(6-7-19-11)13(14)15-5-2-12-3-8-20(17,18)9-4-12/h11-12H,2-10H2,1H3,(H2,14,15). The highest BCUT2D eigenvalue weighted by atomic mass is 32.2. The molecule has 2 rings (SSSR count). The molecule has 1 unspecified atom stereocenters. The molecule has 0 aromatic rings. The Morgan fingerprint density at radius 2 is 2.10 bits per heavy atom. The van der Waals surface area contributed by atoms with Gasteiger partial charge >= 0.3 is 0 Å².